The van der Waals surface area contributed by atoms with Gasteiger partial charge in [0.2, 0.25) is 5.78 Å². The number of ether oxygens (including phenoxy) is 2. The summed E-state index contributed by atoms with van der Waals surface area (Å²) >= 11 is 0. The largest absolute Gasteiger partial charge is 0.452 e. The molecule has 0 spiro atoms. The Balaban J connectivity index is 1.56. The fraction of sp³-hybridized carbons (Fsp3) is 0.185. The van der Waals surface area contributed by atoms with E-state index >= 15 is 0 Å². The fourth-order valence-electron chi connectivity index (χ4n) is 3.45. The van der Waals surface area contributed by atoms with Crippen LogP contribution in [-0.2, 0) is 5.41 Å². The van der Waals surface area contributed by atoms with E-state index in [0.717, 1.165) is 5.56 Å². The lowest BCUT2D eigenvalue weighted by Gasteiger charge is -2.19. The Labute approximate surface area is 186 Å². The monoisotopic (exact) mass is 430 g/mol. The number of Topliss-reactive ketones (excluding diaryl/α,β-unsaturated/α-hetero) is 1. The van der Waals surface area contributed by atoms with Crippen LogP contribution >= 0.6 is 0 Å². The lowest BCUT2D eigenvalue weighted by molar-refractivity contribution is 0.0733. The summed E-state index contributed by atoms with van der Waals surface area (Å²) in [4.78, 5) is 25.4. The van der Waals surface area contributed by atoms with E-state index in [1.165, 1.54) is 12.1 Å². The highest BCUT2D eigenvalue weighted by molar-refractivity contribution is 6.15. The van der Waals surface area contributed by atoms with E-state index in [2.05, 4.69) is 20.8 Å². The minimum Gasteiger partial charge on any atom is -0.452 e. The van der Waals surface area contributed by atoms with Gasteiger partial charge in [-0.3, -0.25) is 4.79 Å². The third kappa shape index (κ3) is 4.19. The van der Waals surface area contributed by atoms with Crippen LogP contribution in [0.4, 0.5) is 4.39 Å². The second-order valence-electron chi connectivity index (χ2n) is 8.77. The van der Waals surface area contributed by atoms with Gasteiger partial charge in [0.05, 0.1) is 11.1 Å². The van der Waals surface area contributed by atoms with Gasteiger partial charge in [-0.05, 0) is 65.9 Å². The van der Waals surface area contributed by atoms with E-state index in [0.29, 0.717) is 33.8 Å². The third-order valence-corrected chi connectivity index (χ3v) is 5.39. The minimum atomic E-state index is -0.486. The van der Waals surface area contributed by atoms with E-state index in [1.807, 2.05) is 12.1 Å². The van der Waals surface area contributed by atoms with Crippen LogP contribution in [0.5, 0.6) is 11.5 Å². The zero-order valence-electron chi connectivity index (χ0n) is 18.4. The van der Waals surface area contributed by atoms with Gasteiger partial charge in [0.1, 0.15) is 17.3 Å². The van der Waals surface area contributed by atoms with Gasteiger partial charge < -0.3 is 9.47 Å². The lowest BCUT2D eigenvalue weighted by atomic mass is 9.87. The SMILES string of the molecule is Cc1c(OC(=O)c2ccc(C(C)(C)C)cc2)ccc2c1O/C(=C\c1ccc(F)cc1)C2=O. The predicted octanol–water partition coefficient (Wildman–Crippen LogP) is 6.27. The van der Waals surface area contributed by atoms with Crippen LogP contribution in [0, 0.1) is 12.7 Å². The minimum absolute atomic E-state index is 0.0119. The molecule has 162 valence electrons. The number of hydrogen-bond acceptors (Lipinski definition) is 4. The van der Waals surface area contributed by atoms with Gasteiger partial charge in [-0.25, -0.2) is 9.18 Å². The second kappa shape index (κ2) is 8.08. The average molecular weight is 430 g/mol. The Morgan fingerprint density at radius 2 is 1.62 bits per heavy atom. The molecule has 0 aliphatic carbocycles. The Bertz CT molecular complexity index is 1230. The van der Waals surface area contributed by atoms with Crippen molar-refractivity contribution in [2.75, 3.05) is 0 Å². The van der Waals surface area contributed by atoms with Crippen molar-refractivity contribution in [3.8, 4) is 11.5 Å². The number of benzene rings is 3. The molecule has 32 heavy (non-hydrogen) atoms. The Hall–Kier alpha value is -3.73. The van der Waals surface area contributed by atoms with Crippen LogP contribution in [0.15, 0.2) is 66.4 Å². The first-order valence-corrected chi connectivity index (χ1v) is 10.3. The summed E-state index contributed by atoms with van der Waals surface area (Å²) < 4.78 is 24.5. The molecule has 4 rings (SSSR count). The van der Waals surface area contributed by atoms with Crippen molar-refractivity contribution in [2.45, 2.75) is 33.1 Å². The quantitative estimate of drug-likeness (QED) is 0.279. The number of ketones is 1. The number of carbonyl (C=O) groups excluding carboxylic acids is 2. The second-order valence-corrected chi connectivity index (χ2v) is 8.77. The third-order valence-electron chi connectivity index (χ3n) is 5.39. The molecule has 0 N–H and O–H groups in total. The molecule has 0 amide bonds. The van der Waals surface area contributed by atoms with Crippen molar-refractivity contribution in [1.82, 2.24) is 0 Å². The van der Waals surface area contributed by atoms with Gasteiger partial charge in [-0.15, -0.1) is 0 Å². The maximum Gasteiger partial charge on any atom is 0.343 e. The molecule has 4 nitrogen and oxygen atoms in total. The van der Waals surface area contributed by atoms with Crippen LogP contribution in [-0.4, -0.2) is 11.8 Å². The number of hydrogen-bond donors (Lipinski definition) is 0. The molecule has 0 fully saturated rings. The van der Waals surface area contributed by atoms with Gasteiger partial charge in [0.25, 0.3) is 0 Å². The summed E-state index contributed by atoms with van der Waals surface area (Å²) in [5.41, 5.74) is 3.14. The maximum atomic E-state index is 13.1. The van der Waals surface area contributed by atoms with Crippen LogP contribution in [0.25, 0.3) is 6.08 Å². The number of fused-ring (bicyclic) bond motifs is 1. The standard InChI is InChI=1S/C27H23FO4/c1-16-22(32-26(30)18-7-9-19(10-8-18)27(2,3)4)14-13-21-24(29)23(31-25(16)21)15-17-5-11-20(28)12-6-17/h5-15H,1-4H3/b23-15-. The molecule has 0 unspecified atom stereocenters. The smallest absolute Gasteiger partial charge is 0.343 e. The Morgan fingerprint density at radius 3 is 2.25 bits per heavy atom. The number of allylic oxidation sites excluding steroid dienone is 1. The maximum absolute atomic E-state index is 13.1. The first-order chi connectivity index (χ1) is 15.1. The molecule has 1 aliphatic rings. The van der Waals surface area contributed by atoms with E-state index in [9.17, 15) is 14.0 Å². The zero-order chi connectivity index (χ0) is 23.0. The molecular formula is C27H23FO4. The summed E-state index contributed by atoms with van der Waals surface area (Å²) in [5, 5.41) is 0. The molecule has 0 atom stereocenters. The zero-order valence-corrected chi connectivity index (χ0v) is 18.4. The molecule has 1 aliphatic heterocycles. The fourth-order valence-corrected chi connectivity index (χ4v) is 3.45. The molecule has 0 saturated heterocycles. The first kappa shape index (κ1) is 21.5. The molecule has 5 heteroatoms. The summed E-state index contributed by atoms with van der Waals surface area (Å²) in [5.74, 6) is -0.301. The topological polar surface area (TPSA) is 52.6 Å². The molecule has 3 aromatic carbocycles. The van der Waals surface area contributed by atoms with E-state index in [1.54, 1.807) is 49.4 Å². The molecule has 0 radical (unpaired) electrons. The average Bonchev–Trinajstić information content (AvgIpc) is 3.07. The number of carbonyl (C=O) groups is 2. The normalized spacial score (nSPS) is 14.3. The van der Waals surface area contributed by atoms with Gasteiger partial charge in [0, 0.05) is 5.56 Å². The Morgan fingerprint density at radius 1 is 0.969 bits per heavy atom. The highest BCUT2D eigenvalue weighted by Crippen LogP contribution is 2.39. The molecule has 1 heterocycles. The van der Waals surface area contributed by atoms with Crippen LogP contribution < -0.4 is 9.47 Å². The summed E-state index contributed by atoms with van der Waals surface area (Å²) in [7, 11) is 0. The molecule has 3 aromatic rings. The molecule has 0 bridgehead atoms. The molecular weight excluding hydrogens is 407 g/mol. The van der Waals surface area contributed by atoms with Crippen molar-refractivity contribution < 1.29 is 23.5 Å². The number of esters is 1. The van der Waals surface area contributed by atoms with Crippen molar-refractivity contribution >= 4 is 17.8 Å². The van der Waals surface area contributed by atoms with Crippen molar-refractivity contribution in [3.05, 3.63) is 100 Å². The number of rotatable bonds is 3. The molecule has 0 aromatic heterocycles. The molecule has 0 saturated carbocycles. The predicted molar refractivity (Wildman–Crippen MR) is 121 cm³/mol. The van der Waals surface area contributed by atoms with Gasteiger partial charge in [-0.1, -0.05) is 45.0 Å². The van der Waals surface area contributed by atoms with Gasteiger partial charge in [-0.2, -0.15) is 0 Å². The van der Waals surface area contributed by atoms with E-state index < -0.39 is 5.97 Å². The van der Waals surface area contributed by atoms with Crippen LogP contribution in [0.3, 0.4) is 0 Å². The highest BCUT2D eigenvalue weighted by Gasteiger charge is 2.30. The van der Waals surface area contributed by atoms with Gasteiger partial charge >= 0.3 is 5.97 Å². The van der Waals surface area contributed by atoms with Crippen LogP contribution in [0.2, 0.25) is 0 Å². The van der Waals surface area contributed by atoms with Crippen LogP contribution in [0.1, 0.15) is 58.2 Å². The van der Waals surface area contributed by atoms with Crippen molar-refractivity contribution in [1.29, 1.82) is 0 Å². The first-order valence-electron chi connectivity index (χ1n) is 10.3. The van der Waals surface area contributed by atoms with Crippen molar-refractivity contribution in [2.24, 2.45) is 0 Å². The Kier molecular flexibility index (Phi) is 5.43. The van der Waals surface area contributed by atoms with Crippen molar-refractivity contribution in [3.63, 3.8) is 0 Å². The highest BCUT2D eigenvalue weighted by atomic mass is 19.1. The summed E-state index contributed by atoms with van der Waals surface area (Å²) in [6, 6.07) is 16.3. The van der Waals surface area contributed by atoms with Gasteiger partial charge in [0.15, 0.2) is 5.76 Å². The van der Waals surface area contributed by atoms with E-state index in [-0.39, 0.29) is 22.8 Å². The summed E-state index contributed by atoms with van der Waals surface area (Å²) in [6.45, 7) is 8.05. The van der Waals surface area contributed by atoms with E-state index in [4.69, 9.17) is 9.47 Å². The lowest BCUT2D eigenvalue weighted by Crippen LogP contribution is -2.13. The summed E-state index contributed by atoms with van der Waals surface area (Å²) in [6.07, 6.45) is 1.56. The number of halogens is 1.